The molecule has 1 N–H and O–H groups in total. The van der Waals surface area contributed by atoms with Gasteiger partial charge >= 0.3 is 0 Å². The summed E-state index contributed by atoms with van der Waals surface area (Å²) in [5.74, 6) is 7.76. The number of nitrogens with zero attached hydrogens (tertiary/aromatic N) is 2. The molecule has 49 heavy (non-hydrogen) atoms. The van der Waals surface area contributed by atoms with E-state index in [1.807, 2.05) is 35.7 Å². The highest BCUT2D eigenvalue weighted by Gasteiger charge is 2.50. The third-order valence-electron chi connectivity index (χ3n) is 10.7. The quantitative estimate of drug-likeness (QED) is 0.107. The van der Waals surface area contributed by atoms with Gasteiger partial charge in [-0.05, 0) is 65.8 Å². The van der Waals surface area contributed by atoms with E-state index in [4.69, 9.17) is 13.6 Å². The van der Waals surface area contributed by atoms with Crippen molar-refractivity contribution in [1.29, 1.82) is 0 Å². The lowest BCUT2D eigenvalue weighted by Gasteiger charge is -2.45. The van der Waals surface area contributed by atoms with Crippen molar-refractivity contribution in [2.75, 3.05) is 19.0 Å². The van der Waals surface area contributed by atoms with Crippen LogP contribution in [0.5, 0.6) is 5.75 Å². The van der Waals surface area contributed by atoms with E-state index in [1.54, 1.807) is 13.3 Å². The standard InChI is InChI=1S/C39H57N3O4SSi2/c1-26(2)49(27(3)4,28(5)6)46-35-21-32(20-31(35)23-45-48(11,12)39(7,8)9)42-38-33(22-40-25-41-38)37(43)36-19-29(24-47-36)17-18-30-15-13-14-16-34(30)44-10/h13-16,19,22,24-28,31-32,35H,20-21,23H2,1-12H3,(H,40,41,42)/t31-,32-,35+/m1/s1. The van der Waals surface area contributed by atoms with Crippen LogP contribution in [0.25, 0.3) is 0 Å². The van der Waals surface area contributed by atoms with Gasteiger partial charge in [0.2, 0.25) is 14.1 Å². The summed E-state index contributed by atoms with van der Waals surface area (Å²) >= 11 is 1.38. The third kappa shape index (κ3) is 8.92. The Morgan fingerprint density at radius 2 is 1.71 bits per heavy atom. The summed E-state index contributed by atoms with van der Waals surface area (Å²) in [7, 11) is -2.46. The second-order valence-corrected chi connectivity index (χ2v) is 27.0. The summed E-state index contributed by atoms with van der Waals surface area (Å²) in [6.07, 6.45) is 4.92. The van der Waals surface area contributed by atoms with Crippen molar-refractivity contribution >= 4 is 39.6 Å². The first-order chi connectivity index (χ1) is 23.0. The second-order valence-electron chi connectivity index (χ2n) is 15.9. The molecular weight excluding hydrogens is 663 g/mol. The third-order valence-corrected chi connectivity index (χ3v) is 22.3. The van der Waals surface area contributed by atoms with Crippen molar-refractivity contribution in [3.63, 3.8) is 0 Å². The lowest BCUT2D eigenvalue weighted by Crippen LogP contribution is -2.51. The van der Waals surface area contributed by atoms with Gasteiger partial charge < -0.3 is 18.9 Å². The number of methoxy groups -OCH3 is 1. The predicted octanol–water partition coefficient (Wildman–Crippen LogP) is 9.95. The molecule has 4 rings (SSSR count). The average molecular weight is 720 g/mol. The average Bonchev–Trinajstić information content (AvgIpc) is 3.67. The Bertz CT molecular complexity index is 1610. The minimum atomic E-state index is -2.14. The highest BCUT2D eigenvalue weighted by atomic mass is 32.1. The van der Waals surface area contributed by atoms with Crippen LogP contribution in [0.15, 0.2) is 48.2 Å². The molecule has 0 bridgehead atoms. The predicted molar refractivity (Wildman–Crippen MR) is 208 cm³/mol. The molecule has 2 aromatic heterocycles. The van der Waals surface area contributed by atoms with Gasteiger partial charge in [-0.2, -0.15) is 0 Å². The number of ether oxygens (including phenoxy) is 1. The number of thiophene rings is 1. The fourth-order valence-electron chi connectivity index (χ4n) is 7.07. The highest BCUT2D eigenvalue weighted by Crippen LogP contribution is 2.46. The first kappa shape index (κ1) is 39.0. The van der Waals surface area contributed by atoms with E-state index in [1.165, 1.54) is 17.7 Å². The van der Waals surface area contributed by atoms with E-state index in [2.05, 4.69) is 103 Å². The molecule has 1 aliphatic carbocycles. The molecule has 10 heteroatoms. The van der Waals surface area contributed by atoms with Crippen molar-refractivity contribution in [3.8, 4) is 17.6 Å². The zero-order chi connectivity index (χ0) is 36.1. The lowest BCUT2D eigenvalue weighted by molar-refractivity contribution is 0.0971. The summed E-state index contributed by atoms with van der Waals surface area (Å²) in [6.45, 7) is 26.3. The smallest absolute Gasteiger partial charge is 0.208 e. The van der Waals surface area contributed by atoms with Crippen molar-refractivity contribution in [2.24, 2.45) is 5.92 Å². The van der Waals surface area contributed by atoms with E-state index >= 15 is 0 Å². The number of para-hydroxylation sites is 1. The molecule has 266 valence electrons. The Kier molecular flexibility index (Phi) is 12.7. The van der Waals surface area contributed by atoms with Crippen LogP contribution in [-0.4, -0.2) is 58.2 Å². The van der Waals surface area contributed by atoms with E-state index < -0.39 is 16.6 Å². The highest BCUT2D eigenvalue weighted by molar-refractivity contribution is 7.12. The number of carbonyl (C=O) groups excluding carboxylic acids is 1. The topological polar surface area (TPSA) is 82.6 Å². The van der Waals surface area contributed by atoms with Crippen LogP contribution in [0, 0.1) is 17.8 Å². The van der Waals surface area contributed by atoms with Crippen LogP contribution in [0.2, 0.25) is 34.8 Å². The molecule has 0 spiro atoms. The van der Waals surface area contributed by atoms with Gasteiger partial charge in [-0.1, -0.05) is 86.3 Å². The maximum Gasteiger partial charge on any atom is 0.208 e. The number of carbonyl (C=O) groups is 1. The van der Waals surface area contributed by atoms with Crippen LogP contribution in [-0.2, 0) is 8.85 Å². The molecule has 1 aromatic carbocycles. The van der Waals surface area contributed by atoms with Gasteiger partial charge in [-0.25, -0.2) is 9.97 Å². The van der Waals surface area contributed by atoms with Crippen molar-refractivity contribution in [3.05, 3.63) is 69.8 Å². The number of hydrogen-bond donors (Lipinski definition) is 1. The SMILES string of the molecule is COc1ccccc1C#Cc1csc(C(=O)c2cncnc2N[C@@H]2C[C@H](CO[Si](C)(C)C(C)(C)C)[C@@H](O[Si](C(C)C)(C(C)C)C(C)C)C2)c1. The van der Waals surface area contributed by atoms with Gasteiger partial charge in [0.05, 0.1) is 29.2 Å². The Hall–Kier alpha value is -2.82. The minimum Gasteiger partial charge on any atom is -0.495 e. The number of rotatable bonds is 13. The molecule has 7 nitrogen and oxygen atoms in total. The van der Waals surface area contributed by atoms with Gasteiger partial charge in [0.25, 0.3) is 0 Å². The fraction of sp³-hybridized carbons (Fsp3) is 0.564. The molecule has 1 aliphatic rings. The maximum atomic E-state index is 13.9. The first-order valence-corrected chi connectivity index (χ1v) is 23.6. The maximum absolute atomic E-state index is 13.9. The zero-order valence-corrected chi connectivity index (χ0v) is 34.5. The summed E-state index contributed by atoms with van der Waals surface area (Å²) in [5.41, 5.74) is 3.50. The van der Waals surface area contributed by atoms with Gasteiger partial charge in [0.15, 0.2) is 8.32 Å². The minimum absolute atomic E-state index is 0.0730. The van der Waals surface area contributed by atoms with Gasteiger partial charge in [0.1, 0.15) is 17.9 Å². The normalized spacial score (nSPS) is 18.6. The lowest BCUT2D eigenvalue weighted by atomic mass is 10.1. The fourth-order valence-corrected chi connectivity index (χ4v) is 14.6. The molecule has 2 heterocycles. The van der Waals surface area contributed by atoms with Gasteiger partial charge in [-0.3, -0.25) is 4.79 Å². The van der Waals surface area contributed by atoms with Crippen LogP contribution >= 0.6 is 11.3 Å². The van der Waals surface area contributed by atoms with Gasteiger partial charge in [-0.15, -0.1) is 11.3 Å². The van der Waals surface area contributed by atoms with Crippen LogP contribution in [0.1, 0.15) is 102 Å². The largest absolute Gasteiger partial charge is 0.495 e. The number of nitrogens with one attached hydrogen (secondary N) is 1. The Morgan fingerprint density at radius 3 is 2.35 bits per heavy atom. The molecule has 3 atom stereocenters. The summed E-state index contributed by atoms with van der Waals surface area (Å²) in [6, 6.07) is 9.58. The second kappa shape index (κ2) is 16.0. The summed E-state index contributed by atoms with van der Waals surface area (Å²) < 4.78 is 19.7. The van der Waals surface area contributed by atoms with E-state index in [0.29, 0.717) is 39.5 Å². The number of aromatic nitrogens is 2. The Labute approximate surface area is 301 Å². The molecule has 0 unspecified atom stereocenters. The molecule has 0 radical (unpaired) electrons. The molecule has 1 saturated carbocycles. The molecule has 0 amide bonds. The van der Waals surface area contributed by atoms with Crippen molar-refractivity contribution in [1.82, 2.24) is 9.97 Å². The summed E-state index contributed by atoms with van der Waals surface area (Å²) in [5, 5.41) is 5.71. The van der Waals surface area contributed by atoms with Crippen LogP contribution in [0.4, 0.5) is 5.82 Å². The van der Waals surface area contributed by atoms with Crippen molar-refractivity contribution < 1.29 is 18.4 Å². The van der Waals surface area contributed by atoms with Gasteiger partial charge in [0, 0.05) is 35.7 Å². The molecular formula is C39H57N3O4SSi2. The molecule has 0 aliphatic heterocycles. The Balaban J connectivity index is 1.57. The first-order valence-electron chi connectivity index (χ1n) is 17.7. The number of ketones is 1. The number of anilines is 1. The van der Waals surface area contributed by atoms with Crippen molar-refractivity contribution in [2.45, 2.75) is 122 Å². The zero-order valence-electron chi connectivity index (χ0n) is 31.6. The Morgan fingerprint density at radius 1 is 1.04 bits per heavy atom. The molecule has 0 saturated heterocycles. The van der Waals surface area contributed by atoms with E-state index in [9.17, 15) is 4.79 Å². The van der Waals surface area contributed by atoms with E-state index in [0.717, 1.165) is 29.7 Å². The summed E-state index contributed by atoms with van der Waals surface area (Å²) in [4.78, 5) is 23.3. The number of benzene rings is 1. The number of hydrogen-bond acceptors (Lipinski definition) is 8. The molecule has 1 fully saturated rings. The van der Waals surface area contributed by atoms with Crippen LogP contribution in [0.3, 0.4) is 0 Å². The van der Waals surface area contributed by atoms with Crippen LogP contribution < -0.4 is 10.1 Å². The van der Waals surface area contributed by atoms with E-state index in [-0.39, 0.29) is 28.9 Å². The monoisotopic (exact) mass is 719 g/mol. The molecule has 3 aromatic rings.